The molecular weight excluding hydrogens is 280 g/mol. The third-order valence-corrected chi connectivity index (χ3v) is 2.78. The first kappa shape index (κ1) is 10.3. The van der Waals surface area contributed by atoms with Gasteiger partial charge in [0.25, 0.3) is 0 Å². The summed E-state index contributed by atoms with van der Waals surface area (Å²) in [6.45, 7) is 2.14. The lowest BCUT2D eigenvalue weighted by Crippen LogP contribution is -1.89. The van der Waals surface area contributed by atoms with Crippen molar-refractivity contribution < 1.29 is 0 Å². The number of hydrogen-bond donors (Lipinski definition) is 0. The van der Waals surface area contributed by atoms with Crippen molar-refractivity contribution in [2.75, 3.05) is 5.33 Å². The zero-order chi connectivity index (χ0) is 8.97. The van der Waals surface area contributed by atoms with Crippen LogP contribution in [0.1, 0.15) is 16.7 Å². The van der Waals surface area contributed by atoms with Crippen LogP contribution >= 0.6 is 31.9 Å². The minimum Gasteiger partial charge on any atom is -0.0924 e. The Morgan fingerprint density at radius 1 is 1.08 bits per heavy atom. The molecule has 0 aliphatic heterocycles. The summed E-state index contributed by atoms with van der Waals surface area (Å²) >= 11 is 6.91. The van der Waals surface area contributed by atoms with Crippen molar-refractivity contribution in [1.82, 2.24) is 0 Å². The van der Waals surface area contributed by atoms with E-state index < -0.39 is 0 Å². The minimum atomic E-state index is 0.948. The van der Waals surface area contributed by atoms with Crippen molar-refractivity contribution >= 4 is 31.9 Å². The Kier molecular flexibility index (Phi) is 4.30. The number of hydrogen-bond acceptors (Lipinski definition) is 0. The molecule has 0 fully saturated rings. The van der Waals surface area contributed by atoms with Crippen LogP contribution < -0.4 is 0 Å². The number of aryl methyl sites for hydroxylation is 2. The van der Waals surface area contributed by atoms with Gasteiger partial charge < -0.3 is 0 Å². The monoisotopic (exact) mass is 290 g/mol. The maximum atomic E-state index is 3.47. The molecule has 0 radical (unpaired) electrons. The van der Waals surface area contributed by atoms with E-state index in [1.807, 2.05) is 0 Å². The maximum absolute atomic E-state index is 3.47. The van der Waals surface area contributed by atoms with E-state index in [-0.39, 0.29) is 0 Å². The van der Waals surface area contributed by atoms with Crippen molar-refractivity contribution in [3.8, 4) is 0 Å². The van der Waals surface area contributed by atoms with Crippen molar-refractivity contribution in [2.24, 2.45) is 0 Å². The summed E-state index contributed by atoms with van der Waals surface area (Å²) < 4.78 is 0. The average molecular weight is 292 g/mol. The van der Waals surface area contributed by atoms with Gasteiger partial charge in [0.15, 0.2) is 0 Å². The van der Waals surface area contributed by atoms with Crippen LogP contribution in [-0.2, 0) is 11.8 Å². The molecule has 0 saturated carbocycles. The molecule has 66 valence electrons. The Hall–Kier alpha value is 0.180. The van der Waals surface area contributed by atoms with Gasteiger partial charge in [-0.15, -0.1) is 0 Å². The second-order valence-corrected chi connectivity index (χ2v) is 4.25. The Bertz CT molecular complexity index is 256. The van der Waals surface area contributed by atoms with Gasteiger partial charge in [0, 0.05) is 10.7 Å². The highest BCUT2D eigenvalue weighted by atomic mass is 79.9. The van der Waals surface area contributed by atoms with Gasteiger partial charge in [0.1, 0.15) is 0 Å². The van der Waals surface area contributed by atoms with Crippen LogP contribution in [0.4, 0.5) is 0 Å². The quantitative estimate of drug-likeness (QED) is 0.743. The molecule has 0 N–H and O–H groups in total. The van der Waals surface area contributed by atoms with E-state index in [1.54, 1.807) is 0 Å². The molecule has 12 heavy (non-hydrogen) atoms. The Balaban J connectivity index is 2.90. The first-order valence-electron chi connectivity index (χ1n) is 3.97. The number of alkyl halides is 2. The van der Waals surface area contributed by atoms with E-state index in [9.17, 15) is 0 Å². The van der Waals surface area contributed by atoms with Crippen molar-refractivity contribution in [3.05, 3.63) is 34.9 Å². The molecule has 0 saturated heterocycles. The fourth-order valence-corrected chi connectivity index (χ4v) is 2.06. The van der Waals surface area contributed by atoms with Crippen LogP contribution in [0.25, 0.3) is 0 Å². The highest BCUT2D eigenvalue weighted by Gasteiger charge is 1.96. The van der Waals surface area contributed by atoms with Crippen molar-refractivity contribution in [1.29, 1.82) is 0 Å². The molecule has 0 aromatic heterocycles. The van der Waals surface area contributed by atoms with Gasteiger partial charge in [0.2, 0.25) is 0 Å². The van der Waals surface area contributed by atoms with E-state index in [0.29, 0.717) is 0 Å². The molecule has 1 rings (SSSR count). The molecule has 0 aliphatic rings. The SMILES string of the molecule is Cc1cc(CBr)cc(CCBr)c1. The summed E-state index contributed by atoms with van der Waals surface area (Å²) in [6, 6.07) is 6.71. The molecule has 1 aromatic rings. The van der Waals surface area contributed by atoms with E-state index >= 15 is 0 Å². The van der Waals surface area contributed by atoms with E-state index in [2.05, 4.69) is 57.0 Å². The smallest absolute Gasteiger partial charge is 0.0283 e. The van der Waals surface area contributed by atoms with E-state index in [1.165, 1.54) is 16.7 Å². The topological polar surface area (TPSA) is 0 Å². The second-order valence-electron chi connectivity index (χ2n) is 2.90. The van der Waals surface area contributed by atoms with Gasteiger partial charge in [0.05, 0.1) is 0 Å². The van der Waals surface area contributed by atoms with Crippen LogP contribution in [0.3, 0.4) is 0 Å². The zero-order valence-corrected chi connectivity index (χ0v) is 10.3. The Morgan fingerprint density at radius 2 is 1.75 bits per heavy atom. The molecule has 0 bridgehead atoms. The normalized spacial score (nSPS) is 10.2. The standard InChI is InChI=1S/C10H12Br2/c1-8-4-9(2-3-11)6-10(5-8)7-12/h4-6H,2-3,7H2,1H3. The summed E-state index contributed by atoms with van der Waals surface area (Å²) in [4.78, 5) is 0. The van der Waals surface area contributed by atoms with Crippen LogP contribution in [0.15, 0.2) is 18.2 Å². The predicted molar refractivity (Wildman–Crippen MR) is 61.3 cm³/mol. The van der Waals surface area contributed by atoms with Gasteiger partial charge >= 0.3 is 0 Å². The largest absolute Gasteiger partial charge is 0.0924 e. The lowest BCUT2D eigenvalue weighted by Gasteiger charge is -2.03. The van der Waals surface area contributed by atoms with Crippen molar-refractivity contribution in [3.63, 3.8) is 0 Å². The molecule has 0 unspecified atom stereocenters. The molecule has 2 heteroatoms. The van der Waals surface area contributed by atoms with Crippen LogP contribution in [-0.4, -0.2) is 5.33 Å². The molecule has 0 amide bonds. The lowest BCUT2D eigenvalue weighted by molar-refractivity contribution is 1.14. The van der Waals surface area contributed by atoms with Gasteiger partial charge in [-0.25, -0.2) is 0 Å². The third kappa shape index (κ3) is 2.91. The summed E-state index contributed by atoms with van der Waals surface area (Å²) in [5, 5.41) is 1.99. The summed E-state index contributed by atoms with van der Waals surface area (Å²) in [6.07, 6.45) is 1.11. The Labute approximate surface area is 90.6 Å². The first-order valence-corrected chi connectivity index (χ1v) is 6.22. The molecule has 0 atom stereocenters. The van der Waals surface area contributed by atoms with Crippen molar-refractivity contribution in [2.45, 2.75) is 18.7 Å². The second kappa shape index (κ2) is 5.03. The molecule has 0 spiro atoms. The fraction of sp³-hybridized carbons (Fsp3) is 0.400. The zero-order valence-electron chi connectivity index (χ0n) is 7.11. The van der Waals surface area contributed by atoms with Gasteiger partial charge in [-0.2, -0.15) is 0 Å². The molecule has 0 nitrogen and oxygen atoms in total. The maximum Gasteiger partial charge on any atom is 0.0283 e. The number of benzene rings is 1. The highest BCUT2D eigenvalue weighted by Crippen LogP contribution is 2.13. The first-order chi connectivity index (χ1) is 5.76. The van der Waals surface area contributed by atoms with Gasteiger partial charge in [-0.1, -0.05) is 55.6 Å². The summed E-state index contributed by atoms with van der Waals surface area (Å²) in [7, 11) is 0. The summed E-state index contributed by atoms with van der Waals surface area (Å²) in [5.74, 6) is 0. The molecule has 0 heterocycles. The molecule has 1 aromatic carbocycles. The molecule has 0 aliphatic carbocycles. The van der Waals surface area contributed by atoms with Crippen LogP contribution in [0, 0.1) is 6.92 Å². The number of rotatable bonds is 3. The van der Waals surface area contributed by atoms with E-state index in [0.717, 1.165) is 17.1 Å². The minimum absolute atomic E-state index is 0.948. The lowest BCUT2D eigenvalue weighted by atomic mass is 10.1. The van der Waals surface area contributed by atoms with Crippen LogP contribution in [0.5, 0.6) is 0 Å². The highest BCUT2D eigenvalue weighted by molar-refractivity contribution is 9.09. The van der Waals surface area contributed by atoms with Crippen LogP contribution in [0.2, 0.25) is 0 Å². The molecular formula is C10H12Br2. The fourth-order valence-electron chi connectivity index (χ4n) is 1.28. The average Bonchev–Trinajstić information content (AvgIpc) is 2.04. The third-order valence-electron chi connectivity index (χ3n) is 1.73. The predicted octanol–water partition coefficient (Wildman–Crippen LogP) is 3.83. The van der Waals surface area contributed by atoms with Gasteiger partial charge in [-0.05, 0) is 24.5 Å². The van der Waals surface area contributed by atoms with E-state index in [4.69, 9.17) is 0 Å². The number of halogens is 2. The summed E-state index contributed by atoms with van der Waals surface area (Å²) in [5.41, 5.74) is 4.13. The Morgan fingerprint density at radius 3 is 2.33 bits per heavy atom. The van der Waals surface area contributed by atoms with Gasteiger partial charge in [-0.3, -0.25) is 0 Å².